The molecule has 1 aromatic carbocycles. The van der Waals surface area contributed by atoms with Crippen molar-refractivity contribution in [3.63, 3.8) is 0 Å². The first-order valence-corrected chi connectivity index (χ1v) is 11.6. The number of aliphatic carboxylic acids is 1. The molecule has 1 aliphatic rings. The molecule has 4 rings (SSSR count). The van der Waals surface area contributed by atoms with Crippen molar-refractivity contribution in [3.05, 3.63) is 75.7 Å². The summed E-state index contributed by atoms with van der Waals surface area (Å²) in [6.45, 7) is 1.78. The predicted molar refractivity (Wildman–Crippen MR) is 131 cm³/mol. The van der Waals surface area contributed by atoms with Gasteiger partial charge in [0.1, 0.15) is 18.4 Å². The number of nitrogens with zero attached hydrogens (tertiary/aromatic N) is 2. The zero-order valence-electron chi connectivity index (χ0n) is 18.5. The zero-order chi connectivity index (χ0) is 24.8. The molecule has 182 valence electrons. The molecule has 1 atom stereocenters. The Bertz CT molecular complexity index is 1200. The molecule has 0 fully saturated rings. The summed E-state index contributed by atoms with van der Waals surface area (Å²) in [6, 6.07) is 9.63. The first-order valence-electron chi connectivity index (χ1n) is 10.8. The highest BCUT2D eigenvalue weighted by atomic mass is 35.5. The number of carboxylic acids is 1. The van der Waals surface area contributed by atoms with Crippen molar-refractivity contribution in [2.24, 2.45) is 0 Å². The zero-order valence-corrected chi connectivity index (χ0v) is 20.0. The van der Waals surface area contributed by atoms with Gasteiger partial charge in [0.2, 0.25) is 0 Å². The highest BCUT2D eigenvalue weighted by molar-refractivity contribution is 6.39. The van der Waals surface area contributed by atoms with E-state index in [4.69, 9.17) is 32.7 Å². The molecule has 11 heteroatoms. The number of carbonyl (C=O) groups is 2. The number of rotatable bonds is 9. The summed E-state index contributed by atoms with van der Waals surface area (Å²) in [6.07, 6.45) is 3.22. The lowest BCUT2D eigenvalue weighted by Crippen LogP contribution is -2.42. The van der Waals surface area contributed by atoms with E-state index >= 15 is 0 Å². The van der Waals surface area contributed by atoms with E-state index in [1.165, 1.54) is 12.4 Å². The van der Waals surface area contributed by atoms with Gasteiger partial charge < -0.3 is 25.2 Å². The fourth-order valence-corrected chi connectivity index (χ4v) is 4.03. The third-order valence-corrected chi connectivity index (χ3v) is 5.82. The molecule has 3 heterocycles. The van der Waals surface area contributed by atoms with Gasteiger partial charge in [0.25, 0.3) is 5.91 Å². The number of halogens is 2. The molecule has 2 aromatic heterocycles. The number of amides is 1. The van der Waals surface area contributed by atoms with E-state index in [9.17, 15) is 14.7 Å². The largest absolute Gasteiger partial charge is 0.493 e. The van der Waals surface area contributed by atoms with E-state index < -0.39 is 17.9 Å². The maximum atomic E-state index is 12.6. The number of ether oxygens (including phenoxy) is 2. The normalized spacial score (nSPS) is 13.1. The number of pyridine rings is 2. The van der Waals surface area contributed by atoms with Crippen LogP contribution >= 0.6 is 23.2 Å². The quantitative estimate of drug-likeness (QED) is 0.393. The number of hydrogen-bond acceptors (Lipinski definition) is 7. The van der Waals surface area contributed by atoms with Crippen LogP contribution in [0.3, 0.4) is 0 Å². The highest BCUT2D eigenvalue weighted by Gasteiger charge is 2.24. The Labute approximate surface area is 211 Å². The third-order valence-electron chi connectivity index (χ3n) is 5.24. The van der Waals surface area contributed by atoms with Crippen molar-refractivity contribution in [2.45, 2.75) is 18.9 Å². The first kappa shape index (κ1) is 24.6. The van der Waals surface area contributed by atoms with Gasteiger partial charge in [-0.25, -0.2) is 9.78 Å². The molecule has 35 heavy (non-hydrogen) atoms. The van der Waals surface area contributed by atoms with E-state index in [2.05, 4.69) is 20.6 Å². The number of aromatic nitrogens is 2. The second kappa shape index (κ2) is 11.2. The fourth-order valence-electron chi connectivity index (χ4n) is 3.49. The molecule has 1 amide bonds. The Morgan fingerprint density at radius 1 is 1.14 bits per heavy atom. The number of carboxylic acid groups (broad SMARTS) is 1. The number of hydrogen-bond donors (Lipinski definition) is 3. The van der Waals surface area contributed by atoms with E-state index in [1.807, 2.05) is 12.1 Å². The summed E-state index contributed by atoms with van der Waals surface area (Å²) >= 11 is 12.0. The standard InChI is InChI=1S/C24H22Cl2N4O5/c25-17-12-27-13-18(26)21(17)23(31)30-19(24(32)33)11-14-1-4-16(5-2-14)34-9-7-15-3-6-20-22(29-15)28-8-10-35-20/h1-6,12-13,19H,7-11H2,(H,28,29)(H,30,31)(H,32,33)/t19-/m0/s1. The molecule has 9 nitrogen and oxygen atoms in total. The minimum Gasteiger partial charge on any atom is -0.493 e. The van der Waals surface area contributed by atoms with Gasteiger partial charge >= 0.3 is 5.97 Å². The van der Waals surface area contributed by atoms with Gasteiger partial charge in [0.15, 0.2) is 11.6 Å². The van der Waals surface area contributed by atoms with Gasteiger partial charge in [0, 0.05) is 30.9 Å². The first-order chi connectivity index (χ1) is 16.9. The molecule has 0 spiro atoms. The van der Waals surface area contributed by atoms with Crippen molar-refractivity contribution in [3.8, 4) is 11.5 Å². The minimum atomic E-state index is -1.18. The highest BCUT2D eigenvalue weighted by Crippen LogP contribution is 2.25. The molecular formula is C24H22Cl2N4O5. The average Bonchev–Trinajstić information content (AvgIpc) is 2.84. The van der Waals surface area contributed by atoms with Gasteiger partial charge in [-0.2, -0.15) is 0 Å². The number of benzene rings is 1. The van der Waals surface area contributed by atoms with E-state index in [-0.39, 0.29) is 22.0 Å². The van der Waals surface area contributed by atoms with Gasteiger partial charge in [-0.3, -0.25) is 9.78 Å². The predicted octanol–water partition coefficient (Wildman–Crippen LogP) is 3.63. The lowest BCUT2D eigenvalue weighted by Gasteiger charge is -2.18. The van der Waals surface area contributed by atoms with E-state index in [0.29, 0.717) is 30.9 Å². The lowest BCUT2D eigenvalue weighted by molar-refractivity contribution is -0.139. The Hall–Kier alpha value is -3.56. The van der Waals surface area contributed by atoms with Crippen LogP contribution in [-0.4, -0.2) is 52.8 Å². The van der Waals surface area contributed by atoms with Gasteiger partial charge in [-0.1, -0.05) is 35.3 Å². The Morgan fingerprint density at radius 2 is 1.89 bits per heavy atom. The van der Waals surface area contributed by atoms with Crippen LogP contribution < -0.4 is 20.1 Å². The lowest BCUT2D eigenvalue weighted by atomic mass is 10.1. The van der Waals surface area contributed by atoms with E-state index in [1.54, 1.807) is 24.3 Å². The van der Waals surface area contributed by atoms with Crippen LogP contribution in [0.5, 0.6) is 11.5 Å². The Morgan fingerprint density at radius 3 is 2.60 bits per heavy atom. The van der Waals surface area contributed by atoms with Gasteiger partial charge in [-0.05, 0) is 29.8 Å². The molecule has 0 saturated carbocycles. The molecule has 0 aliphatic carbocycles. The molecular weight excluding hydrogens is 495 g/mol. The van der Waals surface area contributed by atoms with Crippen LogP contribution in [0, 0.1) is 0 Å². The van der Waals surface area contributed by atoms with Gasteiger partial charge in [0.05, 0.1) is 28.8 Å². The molecule has 1 aliphatic heterocycles. The van der Waals surface area contributed by atoms with Gasteiger partial charge in [-0.15, -0.1) is 0 Å². The Balaban J connectivity index is 1.31. The van der Waals surface area contributed by atoms with Crippen molar-refractivity contribution >= 4 is 40.9 Å². The van der Waals surface area contributed by atoms with Crippen LogP contribution in [0.4, 0.5) is 5.82 Å². The SMILES string of the molecule is O=C(N[C@@H](Cc1ccc(OCCc2ccc3c(n2)NCCO3)cc1)C(=O)O)c1c(Cl)cncc1Cl. The van der Waals surface area contributed by atoms with Crippen LogP contribution in [0.1, 0.15) is 21.6 Å². The second-order valence-electron chi connectivity index (χ2n) is 7.71. The van der Waals surface area contributed by atoms with Crippen molar-refractivity contribution in [2.75, 3.05) is 25.1 Å². The monoisotopic (exact) mass is 516 g/mol. The second-order valence-corrected chi connectivity index (χ2v) is 8.53. The Kier molecular flexibility index (Phi) is 7.89. The molecule has 3 aromatic rings. The topological polar surface area (TPSA) is 123 Å². The summed E-state index contributed by atoms with van der Waals surface area (Å²) in [7, 11) is 0. The molecule has 3 N–H and O–H groups in total. The smallest absolute Gasteiger partial charge is 0.326 e. The maximum absolute atomic E-state index is 12.6. The van der Waals surface area contributed by atoms with Crippen LogP contribution in [0.15, 0.2) is 48.8 Å². The summed E-state index contributed by atoms with van der Waals surface area (Å²) in [4.78, 5) is 32.6. The number of nitrogens with one attached hydrogen (secondary N) is 2. The van der Waals surface area contributed by atoms with Crippen LogP contribution in [-0.2, 0) is 17.6 Å². The van der Waals surface area contributed by atoms with Crippen molar-refractivity contribution < 1.29 is 24.2 Å². The van der Waals surface area contributed by atoms with Crippen molar-refractivity contribution in [1.29, 1.82) is 0 Å². The van der Waals surface area contributed by atoms with Crippen LogP contribution in [0.25, 0.3) is 0 Å². The van der Waals surface area contributed by atoms with Crippen LogP contribution in [0.2, 0.25) is 10.0 Å². The summed E-state index contributed by atoms with van der Waals surface area (Å²) in [5.74, 6) is 0.259. The summed E-state index contributed by atoms with van der Waals surface area (Å²) in [5.41, 5.74) is 1.57. The summed E-state index contributed by atoms with van der Waals surface area (Å²) < 4.78 is 11.3. The minimum absolute atomic E-state index is 0.0185. The van der Waals surface area contributed by atoms with Crippen molar-refractivity contribution in [1.82, 2.24) is 15.3 Å². The molecule has 0 bridgehead atoms. The number of carbonyl (C=O) groups excluding carboxylic acids is 1. The van der Waals surface area contributed by atoms with E-state index in [0.717, 1.165) is 23.8 Å². The molecule has 0 radical (unpaired) electrons. The maximum Gasteiger partial charge on any atom is 0.326 e. The average molecular weight is 517 g/mol. The third kappa shape index (κ3) is 6.32. The fraction of sp³-hybridized carbons (Fsp3) is 0.250. The number of anilines is 1. The molecule has 0 saturated heterocycles. The summed E-state index contributed by atoms with van der Waals surface area (Å²) in [5, 5.41) is 15.3. The molecule has 0 unspecified atom stereocenters. The number of fused-ring (bicyclic) bond motifs is 1.